The predicted octanol–water partition coefficient (Wildman–Crippen LogP) is 2.56. The number of benzene rings is 1. The van der Waals surface area contributed by atoms with Crippen LogP contribution < -0.4 is 10.6 Å². The Morgan fingerprint density at radius 2 is 2.11 bits per heavy atom. The molecule has 2 aromatic rings. The van der Waals surface area contributed by atoms with E-state index in [-0.39, 0.29) is 5.91 Å². The summed E-state index contributed by atoms with van der Waals surface area (Å²) in [6.07, 6.45) is 2.73. The van der Waals surface area contributed by atoms with E-state index in [9.17, 15) is 4.79 Å². The largest absolute Gasteiger partial charge is 0.323 e. The fraction of sp³-hybridized carbons (Fsp3) is 0.333. The number of carbonyl (C=O) groups is 1. The lowest BCUT2D eigenvalue weighted by atomic mass is 10.2. The monoisotopic (exact) mass is 257 g/mol. The van der Waals surface area contributed by atoms with E-state index in [1.54, 1.807) is 6.20 Å². The molecule has 0 aliphatic rings. The van der Waals surface area contributed by atoms with Crippen LogP contribution >= 0.6 is 0 Å². The number of nitrogens with zero attached hydrogens (tertiary/aromatic N) is 1. The first kappa shape index (κ1) is 13.5. The lowest BCUT2D eigenvalue weighted by Crippen LogP contribution is -2.34. The van der Waals surface area contributed by atoms with Crippen LogP contribution in [0.25, 0.3) is 10.9 Å². The Labute approximate surface area is 113 Å². The maximum Gasteiger partial charge on any atom is 0.238 e. The highest BCUT2D eigenvalue weighted by atomic mass is 16.1. The van der Waals surface area contributed by atoms with Crippen molar-refractivity contribution in [2.75, 3.05) is 11.9 Å². The third-order valence-corrected chi connectivity index (χ3v) is 3.13. The molecule has 1 unspecified atom stereocenters. The number of fused-ring (bicyclic) bond motifs is 1. The molecule has 4 heteroatoms. The van der Waals surface area contributed by atoms with Gasteiger partial charge < -0.3 is 10.6 Å². The molecule has 100 valence electrons. The van der Waals surface area contributed by atoms with Gasteiger partial charge in [-0.05, 0) is 25.5 Å². The van der Waals surface area contributed by atoms with Gasteiger partial charge >= 0.3 is 0 Å². The first-order valence-electron chi connectivity index (χ1n) is 6.57. The standard InChI is InChI=1S/C15H19N3O/c1-3-11(2)17-10-14(19)18-13-8-4-6-12-7-5-9-16-15(12)13/h4-9,11,17H,3,10H2,1-2H3,(H,18,19). The molecule has 1 aromatic heterocycles. The number of nitrogens with one attached hydrogen (secondary N) is 2. The zero-order valence-electron chi connectivity index (χ0n) is 11.3. The molecule has 0 bridgehead atoms. The van der Waals surface area contributed by atoms with Crippen LogP contribution in [0.5, 0.6) is 0 Å². The quantitative estimate of drug-likeness (QED) is 0.865. The number of anilines is 1. The highest BCUT2D eigenvalue weighted by Gasteiger charge is 2.07. The molecule has 1 aromatic carbocycles. The second kappa shape index (κ2) is 6.29. The fourth-order valence-electron chi connectivity index (χ4n) is 1.81. The smallest absolute Gasteiger partial charge is 0.238 e. The van der Waals surface area contributed by atoms with Crippen molar-refractivity contribution in [3.8, 4) is 0 Å². The molecule has 2 rings (SSSR count). The summed E-state index contributed by atoms with van der Waals surface area (Å²) < 4.78 is 0. The lowest BCUT2D eigenvalue weighted by Gasteiger charge is -2.12. The van der Waals surface area contributed by atoms with E-state index >= 15 is 0 Å². The van der Waals surface area contributed by atoms with Gasteiger partial charge in [-0.1, -0.05) is 25.1 Å². The van der Waals surface area contributed by atoms with E-state index in [0.717, 1.165) is 23.0 Å². The maximum absolute atomic E-state index is 11.9. The van der Waals surface area contributed by atoms with Crippen LogP contribution in [0, 0.1) is 0 Å². The Morgan fingerprint density at radius 3 is 2.89 bits per heavy atom. The summed E-state index contributed by atoms with van der Waals surface area (Å²) in [6.45, 7) is 4.47. The van der Waals surface area contributed by atoms with E-state index < -0.39 is 0 Å². The van der Waals surface area contributed by atoms with Gasteiger partial charge in [0.15, 0.2) is 0 Å². The minimum atomic E-state index is -0.0431. The summed E-state index contributed by atoms with van der Waals surface area (Å²) in [7, 11) is 0. The molecule has 19 heavy (non-hydrogen) atoms. The number of pyridine rings is 1. The molecule has 1 heterocycles. The predicted molar refractivity (Wildman–Crippen MR) is 78.1 cm³/mol. The molecule has 2 N–H and O–H groups in total. The Balaban J connectivity index is 2.07. The molecule has 0 saturated heterocycles. The number of hydrogen-bond acceptors (Lipinski definition) is 3. The summed E-state index contributed by atoms with van der Waals surface area (Å²) in [4.78, 5) is 16.2. The molecular weight excluding hydrogens is 238 g/mol. The highest BCUT2D eigenvalue weighted by molar-refractivity contribution is 6.00. The summed E-state index contributed by atoms with van der Waals surface area (Å²) in [5.74, 6) is -0.0431. The zero-order chi connectivity index (χ0) is 13.7. The molecule has 1 amide bonds. The SMILES string of the molecule is CCC(C)NCC(=O)Nc1cccc2cccnc12. The van der Waals surface area contributed by atoms with Gasteiger partial charge in [-0.2, -0.15) is 0 Å². The summed E-state index contributed by atoms with van der Waals surface area (Å²) in [6, 6.07) is 9.98. The molecule has 0 aliphatic carbocycles. The van der Waals surface area contributed by atoms with E-state index in [0.29, 0.717) is 12.6 Å². The number of aromatic nitrogens is 1. The minimum absolute atomic E-state index is 0.0431. The van der Waals surface area contributed by atoms with Crippen molar-refractivity contribution in [1.29, 1.82) is 0 Å². The maximum atomic E-state index is 11.9. The van der Waals surface area contributed by atoms with Crippen molar-refractivity contribution in [1.82, 2.24) is 10.3 Å². The number of rotatable bonds is 5. The van der Waals surface area contributed by atoms with Crippen LogP contribution in [0.3, 0.4) is 0 Å². The van der Waals surface area contributed by atoms with Crippen molar-refractivity contribution in [3.05, 3.63) is 36.5 Å². The molecule has 0 aliphatic heterocycles. The highest BCUT2D eigenvalue weighted by Crippen LogP contribution is 2.20. The first-order chi connectivity index (χ1) is 9.20. The second-order valence-electron chi connectivity index (χ2n) is 4.62. The molecule has 0 radical (unpaired) electrons. The Kier molecular flexibility index (Phi) is 4.47. The van der Waals surface area contributed by atoms with E-state index in [2.05, 4.69) is 29.5 Å². The molecular formula is C15H19N3O. The molecule has 0 spiro atoms. The van der Waals surface area contributed by atoms with Gasteiger partial charge in [0, 0.05) is 17.6 Å². The molecule has 4 nitrogen and oxygen atoms in total. The normalized spacial score (nSPS) is 12.3. The second-order valence-corrected chi connectivity index (χ2v) is 4.62. The summed E-state index contributed by atoms with van der Waals surface area (Å²) in [5, 5.41) is 7.09. The van der Waals surface area contributed by atoms with Crippen molar-refractivity contribution in [3.63, 3.8) is 0 Å². The Morgan fingerprint density at radius 1 is 1.32 bits per heavy atom. The van der Waals surface area contributed by atoms with E-state index in [1.165, 1.54) is 0 Å². The first-order valence-corrected chi connectivity index (χ1v) is 6.57. The third kappa shape index (κ3) is 3.51. The topological polar surface area (TPSA) is 54.0 Å². The van der Waals surface area contributed by atoms with Gasteiger partial charge in [-0.25, -0.2) is 0 Å². The molecule has 0 saturated carbocycles. The summed E-state index contributed by atoms with van der Waals surface area (Å²) in [5.41, 5.74) is 1.58. The van der Waals surface area contributed by atoms with Gasteiger partial charge in [0.1, 0.15) is 0 Å². The van der Waals surface area contributed by atoms with Gasteiger partial charge in [0.25, 0.3) is 0 Å². The number of para-hydroxylation sites is 1. The van der Waals surface area contributed by atoms with Crippen LogP contribution in [0.2, 0.25) is 0 Å². The van der Waals surface area contributed by atoms with Gasteiger partial charge in [-0.3, -0.25) is 9.78 Å². The van der Waals surface area contributed by atoms with Gasteiger partial charge in [-0.15, -0.1) is 0 Å². The van der Waals surface area contributed by atoms with Gasteiger partial charge in [0.2, 0.25) is 5.91 Å². The van der Waals surface area contributed by atoms with Crippen molar-refractivity contribution in [2.24, 2.45) is 0 Å². The van der Waals surface area contributed by atoms with Gasteiger partial charge in [0.05, 0.1) is 17.7 Å². The number of hydrogen-bond donors (Lipinski definition) is 2. The van der Waals surface area contributed by atoms with Crippen LogP contribution in [0.4, 0.5) is 5.69 Å². The van der Waals surface area contributed by atoms with Crippen LogP contribution in [-0.4, -0.2) is 23.5 Å². The molecule has 1 atom stereocenters. The van der Waals surface area contributed by atoms with Crippen molar-refractivity contribution in [2.45, 2.75) is 26.3 Å². The average molecular weight is 257 g/mol. The van der Waals surface area contributed by atoms with E-state index in [1.807, 2.05) is 30.3 Å². The fourth-order valence-corrected chi connectivity index (χ4v) is 1.81. The van der Waals surface area contributed by atoms with Crippen LogP contribution in [0.15, 0.2) is 36.5 Å². The van der Waals surface area contributed by atoms with Crippen molar-refractivity contribution >= 4 is 22.5 Å². The third-order valence-electron chi connectivity index (χ3n) is 3.13. The van der Waals surface area contributed by atoms with E-state index in [4.69, 9.17) is 0 Å². The Bertz CT molecular complexity index is 563. The van der Waals surface area contributed by atoms with Crippen LogP contribution in [0.1, 0.15) is 20.3 Å². The van der Waals surface area contributed by atoms with Crippen LogP contribution in [-0.2, 0) is 4.79 Å². The average Bonchev–Trinajstić information content (AvgIpc) is 2.45. The number of carbonyl (C=O) groups excluding carboxylic acids is 1. The lowest BCUT2D eigenvalue weighted by molar-refractivity contribution is -0.115. The number of amides is 1. The van der Waals surface area contributed by atoms with Crippen molar-refractivity contribution < 1.29 is 4.79 Å². The zero-order valence-corrected chi connectivity index (χ0v) is 11.3. The molecule has 0 fully saturated rings. The Hall–Kier alpha value is -1.94. The minimum Gasteiger partial charge on any atom is -0.323 e. The summed E-state index contributed by atoms with van der Waals surface area (Å²) >= 11 is 0.